The van der Waals surface area contributed by atoms with Crippen LogP contribution in [0.5, 0.6) is 5.75 Å². The SMILES string of the molecule is CC1(C)CC(=O)C2=C(C1)Nc1c(c(C#N)cn1C(C)(C)C)[C@@H]2c1ccc(O)cc1. The van der Waals surface area contributed by atoms with Crippen molar-refractivity contribution in [2.24, 2.45) is 5.41 Å². The first-order chi connectivity index (χ1) is 13.5. The van der Waals surface area contributed by atoms with Crippen molar-refractivity contribution in [3.8, 4) is 11.8 Å². The Balaban J connectivity index is 2.02. The van der Waals surface area contributed by atoms with Crippen molar-refractivity contribution in [1.29, 1.82) is 5.26 Å². The van der Waals surface area contributed by atoms with Gasteiger partial charge >= 0.3 is 0 Å². The van der Waals surface area contributed by atoms with Crippen molar-refractivity contribution in [2.45, 2.75) is 58.9 Å². The van der Waals surface area contributed by atoms with Gasteiger partial charge in [0.15, 0.2) is 5.78 Å². The summed E-state index contributed by atoms with van der Waals surface area (Å²) >= 11 is 0. The van der Waals surface area contributed by atoms with Crippen LogP contribution in [-0.4, -0.2) is 15.5 Å². The second kappa shape index (κ2) is 6.25. The normalized spacial score (nSPS) is 20.6. The van der Waals surface area contributed by atoms with E-state index < -0.39 is 0 Å². The van der Waals surface area contributed by atoms with E-state index in [0.717, 1.165) is 34.6 Å². The van der Waals surface area contributed by atoms with Crippen LogP contribution in [0.4, 0.5) is 5.82 Å². The molecule has 2 aromatic rings. The predicted molar refractivity (Wildman–Crippen MR) is 113 cm³/mol. The molecule has 0 radical (unpaired) electrons. The van der Waals surface area contributed by atoms with Crippen LogP contribution in [0.3, 0.4) is 0 Å². The number of nitrogens with one attached hydrogen (secondary N) is 1. The number of fused-ring (bicyclic) bond motifs is 1. The number of aromatic hydroxyl groups is 1. The minimum atomic E-state index is -0.316. The minimum Gasteiger partial charge on any atom is -0.508 e. The lowest BCUT2D eigenvalue weighted by Crippen LogP contribution is -2.35. The van der Waals surface area contributed by atoms with E-state index in [2.05, 4.69) is 50.6 Å². The monoisotopic (exact) mass is 389 g/mol. The van der Waals surface area contributed by atoms with E-state index in [1.807, 2.05) is 18.3 Å². The number of Topliss-reactive ketones (excluding diaryl/α,β-unsaturated/α-hetero) is 1. The Bertz CT molecular complexity index is 1070. The topological polar surface area (TPSA) is 78.0 Å². The van der Waals surface area contributed by atoms with E-state index in [0.29, 0.717) is 12.0 Å². The van der Waals surface area contributed by atoms with Gasteiger partial charge in [0, 0.05) is 40.9 Å². The second-order valence-corrected chi connectivity index (χ2v) is 9.94. The molecular weight excluding hydrogens is 362 g/mol. The zero-order chi connectivity index (χ0) is 21.1. The number of allylic oxidation sites excluding steroid dienone is 2. The highest BCUT2D eigenvalue weighted by atomic mass is 16.3. The molecule has 4 rings (SSSR count). The van der Waals surface area contributed by atoms with Gasteiger partial charge in [-0.2, -0.15) is 5.26 Å². The molecule has 2 aliphatic rings. The van der Waals surface area contributed by atoms with Crippen LogP contribution in [-0.2, 0) is 10.3 Å². The maximum atomic E-state index is 13.3. The summed E-state index contributed by atoms with van der Waals surface area (Å²) < 4.78 is 2.10. The molecule has 0 bridgehead atoms. The number of ketones is 1. The van der Waals surface area contributed by atoms with E-state index in [9.17, 15) is 15.2 Å². The lowest BCUT2D eigenvalue weighted by Gasteiger charge is -2.40. The third kappa shape index (κ3) is 3.13. The van der Waals surface area contributed by atoms with Crippen molar-refractivity contribution in [3.63, 3.8) is 0 Å². The molecule has 1 aliphatic heterocycles. The summed E-state index contributed by atoms with van der Waals surface area (Å²) in [6.45, 7) is 10.5. The van der Waals surface area contributed by atoms with Gasteiger partial charge in [-0.05, 0) is 50.3 Å². The Morgan fingerprint density at radius 3 is 2.45 bits per heavy atom. The minimum absolute atomic E-state index is 0.114. The molecule has 1 aromatic heterocycles. The van der Waals surface area contributed by atoms with Gasteiger partial charge in [0.1, 0.15) is 17.6 Å². The fraction of sp³-hybridized carbons (Fsp3) is 0.417. The third-order valence-electron chi connectivity index (χ3n) is 5.88. The highest BCUT2D eigenvalue weighted by molar-refractivity contribution is 6.01. The molecule has 1 aromatic carbocycles. The summed E-state index contributed by atoms with van der Waals surface area (Å²) in [5.74, 6) is 0.876. The maximum absolute atomic E-state index is 13.3. The number of phenols is 1. The molecule has 1 aliphatic carbocycles. The van der Waals surface area contributed by atoms with Crippen molar-refractivity contribution in [2.75, 3.05) is 5.32 Å². The number of phenolic OH excluding ortho intramolecular Hbond substituents is 1. The molecule has 5 heteroatoms. The van der Waals surface area contributed by atoms with Crippen molar-refractivity contribution in [1.82, 2.24) is 4.57 Å². The fourth-order valence-corrected chi connectivity index (χ4v) is 4.63. The maximum Gasteiger partial charge on any atom is 0.162 e. The predicted octanol–water partition coefficient (Wildman–Crippen LogP) is 5.02. The lowest BCUT2D eigenvalue weighted by atomic mass is 9.69. The molecule has 5 nitrogen and oxygen atoms in total. The zero-order valence-corrected chi connectivity index (χ0v) is 17.6. The molecule has 29 heavy (non-hydrogen) atoms. The average Bonchev–Trinajstić information content (AvgIpc) is 2.98. The Kier molecular flexibility index (Phi) is 4.16. The van der Waals surface area contributed by atoms with Gasteiger partial charge in [-0.3, -0.25) is 4.79 Å². The molecule has 150 valence electrons. The standard InChI is InChI=1S/C24H27N3O2/c1-23(2,3)27-13-15(12-25)20-19(14-6-8-16(28)9-7-14)21-17(26-22(20)27)10-24(4,5)11-18(21)29/h6-9,13,19,26,28H,10-11H2,1-5H3/t19-/m0/s1. The third-order valence-corrected chi connectivity index (χ3v) is 5.88. The van der Waals surface area contributed by atoms with Crippen LogP contribution < -0.4 is 5.32 Å². The number of carbonyl (C=O) groups excluding carboxylic acids is 1. The summed E-state index contributed by atoms with van der Waals surface area (Å²) in [5.41, 5.74) is 3.70. The smallest absolute Gasteiger partial charge is 0.162 e. The zero-order valence-electron chi connectivity index (χ0n) is 17.6. The molecule has 0 unspecified atom stereocenters. The molecule has 0 spiro atoms. The van der Waals surface area contributed by atoms with Crippen LogP contribution in [0.25, 0.3) is 0 Å². The van der Waals surface area contributed by atoms with Gasteiger partial charge < -0.3 is 15.0 Å². The van der Waals surface area contributed by atoms with Crippen LogP contribution >= 0.6 is 0 Å². The Morgan fingerprint density at radius 2 is 1.86 bits per heavy atom. The summed E-state index contributed by atoms with van der Waals surface area (Å²) in [5, 5.41) is 23.2. The molecule has 0 amide bonds. The van der Waals surface area contributed by atoms with E-state index in [1.165, 1.54) is 0 Å². The number of aromatic nitrogens is 1. The first kappa shape index (κ1) is 19.3. The van der Waals surface area contributed by atoms with Crippen LogP contribution in [0.2, 0.25) is 0 Å². The average molecular weight is 389 g/mol. The molecule has 0 saturated heterocycles. The van der Waals surface area contributed by atoms with Crippen LogP contribution in [0.15, 0.2) is 41.7 Å². The van der Waals surface area contributed by atoms with E-state index in [4.69, 9.17) is 0 Å². The number of hydrogen-bond donors (Lipinski definition) is 2. The highest BCUT2D eigenvalue weighted by Crippen LogP contribution is 2.51. The quantitative estimate of drug-likeness (QED) is 0.718. The fourth-order valence-electron chi connectivity index (χ4n) is 4.63. The second-order valence-electron chi connectivity index (χ2n) is 9.94. The number of carbonyl (C=O) groups is 1. The molecule has 2 heterocycles. The molecule has 0 fully saturated rings. The van der Waals surface area contributed by atoms with E-state index in [-0.39, 0.29) is 28.4 Å². The lowest BCUT2D eigenvalue weighted by molar-refractivity contribution is -0.118. The first-order valence-corrected chi connectivity index (χ1v) is 10.00. The Morgan fingerprint density at radius 1 is 1.21 bits per heavy atom. The van der Waals surface area contributed by atoms with Crippen molar-refractivity contribution in [3.05, 3.63) is 58.4 Å². The summed E-state index contributed by atoms with van der Waals surface area (Å²) in [7, 11) is 0. The van der Waals surface area contributed by atoms with Gasteiger partial charge in [-0.15, -0.1) is 0 Å². The molecule has 1 atom stereocenters. The largest absolute Gasteiger partial charge is 0.508 e. The van der Waals surface area contributed by atoms with Crippen molar-refractivity contribution < 1.29 is 9.90 Å². The molecular formula is C24H27N3O2. The van der Waals surface area contributed by atoms with Gasteiger partial charge in [0.2, 0.25) is 0 Å². The number of hydrogen-bond acceptors (Lipinski definition) is 4. The van der Waals surface area contributed by atoms with Gasteiger partial charge in [0.05, 0.1) is 5.56 Å². The van der Waals surface area contributed by atoms with Crippen LogP contribution in [0.1, 0.15) is 70.1 Å². The molecule has 0 saturated carbocycles. The highest BCUT2D eigenvalue weighted by Gasteiger charge is 2.43. The van der Waals surface area contributed by atoms with Gasteiger partial charge in [-0.1, -0.05) is 26.0 Å². The Hall–Kier alpha value is -3.00. The number of anilines is 1. The summed E-state index contributed by atoms with van der Waals surface area (Å²) in [6.07, 6.45) is 3.15. The number of nitriles is 1. The summed E-state index contributed by atoms with van der Waals surface area (Å²) in [4.78, 5) is 13.3. The summed E-state index contributed by atoms with van der Waals surface area (Å²) in [6, 6.07) is 9.32. The van der Waals surface area contributed by atoms with Crippen molar-refractivity contribution >= 4 is 11.6 Å². The number of benzene rings is 1. The molecule has 2 N–H and O–H groups in total. The first-order valence-electron chi connectivity index (χ1n) is 10.00. The van der Waals surface area contributed by atoms with E-state index >= 15 is 0 Å². The van der Waals surface area contributed by atoms with Gasteiger partial charge in [0.25, 0.3) is 0 Å². The van der Waals surface area contributed by atoms with Crippen LogP contribution in [0, 0.1) is 16.7 Å². The van der Waals surface area contributed by atoms with E-state index in [1.54, 1.807) is 12.1 Å². The number of nitrogens with zero attached hydrogens (tertiary/aromatic N) is 2. The number of rotatable bonds is 1. The van der Waals surface area contributed by atoms with Gasteiger partial charge in [-0.25, -0.2) is 0 Å². The Labute approximate surface area is 171 Å².